The molecular formula is C21H23F2N3O5. The zero-order valence-corrected chi connectivity index (χ0v) is 17.3. The van der Waals surface area contributed by atoms with Crippen molar-refractivity contribution in [1.82, 2.24) is 9.47 Å². The number of likely N-dealkylation sites (N-methyl/N-ethyl adjacent to an activating group) is 1. The fraction of sp³-hybridized carbons (Fsp3) is 0.476. The Kier molecular flexibility index (Phi) is 5.42. The summed E-state index contributed by atoms with van der Waals surface area (Å²) < 4.78 is 37.9. The number of anilines is 1. The van der Waals surface area contributed by atoms with Gasteiger partial charge in [0.1, 0.15) is 16.8 Å². The Hall–Kier alpha value is -3.01. The number of carboxylic acids is 1. The number of esters is 1. The summed E-state index contributed by atoms with van der Waals surface area (Å²) in [6, 6.07) is -0.225. The van der Waals surface area contributed by atoms with Crippen molar-refractivity contribution in [2.75, 3.05) is 44.7 Å². The number of carbonyl (C=O) groups excluding carboxylic acids is 1. The van der Waals surface area contributed by atoms with E-state index >= 15 is 8.78 Å². The molecule has 8 nitrogen and oxygen atoms in total. The summed E-state index contributed by atoms with van der Waals surface area (Å²) in [4.78, 5) is 40.9. The van der Waals surface area contributed by atoms with Crippen LogP contribution in [0, 0.1) is 11.6 Å². The van der Waals surface area contributed by atoms with E-state index in [9.17, 15) is 19.5 Å². The monoisotopic (exact) mass is 435 g/mol. The quantitative estimate of drug-likeness (QED) is 0.720. The summed E-state index contributed by atoms with van der Waals surface area (Å²) in [6.07, 6.45) is 2.41. The minimum Gasteiger partial charge on any atom is -0.477 e. The number of benzene rings is 1. The van der Waals surface area contributed by atoms with Crippen molar-refractivity contribution < 1.29 is 28.2 Å². The number of piperazine rings is 1. The van der Waals surface area contributed by atoms with Crippen LogP contribution in [0.4, 0.5) is 14.5 Å². The Morgan fingerprint density at radius 3 is 2.35 bits per heavy atom. The number of pyridine rings is 1. The third kappa shape index (κ3) is 3.54. The van der Waals surface area contributed by atoms with Crippen molar-refractivity contribution in [3.63, 3.8) is 0 Å². The first kappa shape index (κ1) is 21.2. The lowest BCUT2D eigenvalue weighted by molar-refractivity contribution is 0.0522. The van der Waals surface area contributed by atoms with Crippen molar-refractivity contribution in [1.29, 1.82) is 0 Å². The van der Waals surface area contributed by atoms with E-state index < -0.39 is 45.5 Å². The third-order valence-corrected chi connectivity index (χ3v) is 5.80. The molecule has 2 heterocycles. The molecule has 1 aliphatic heterocycles. The molecule has 0 unspecified atom stereocenters. The number of aromatic nitrogens is 1. The lowest BCUT2D eigenvalue weighted by Crippen LogP contribution is -2.45. The maximum absolute atomic E-state index is 15.8. The molecule has 0 spiro atoms. The SMILES string of the molecule is CCOC(=O)c1c(F)c(N2CCN(C)CC2)c(F)c2c1c(=O)c(C(=O)O)cn2C1CC1. The van der Waals surface area contributed by atoms with Gasteiger partial charge in [-0.05, 0) is 26.8 Å². The highest BCUT2D eigenvalue weighted by atomic mass is 19.1. The molecule has 2 fully saturated rings. The van der Waals surface area contributed by atoms with Crippen LogP contribution in [0.2, 0.25) is 0 Å². The van der Waals surface area contributed by atoms with E-state index in [2.05, 4.69) is 0 Å². The standard InChI is InChI=1S/C21H23F2N3O5/c1-3-31-21(30)13-14-17(26(11-4-5-11)10-12(19(14)27)20(28)29)16(23)18(15(13)22)25-8-6-24(2)7-9-25/h10-11H,3-9H2,1-2H3,(H,28,29). The third-order valence-electron chi connectivity index (χ3n) is 5.80. The Morgan fingerprint density at radius 1 is 1.16 bits per heavy atom. The fourth-order valence-electron chi connectivity index (χ4n) is 4.02. The van der Waals surface area contributed by atoms with Gasteiger partial charge in [0.25, 0.3) is 0 Å². The molecule has 1 aromatic carbocycles. The van der Waals surface area contributed by atoms with Crippen LogP contribution in [0.25, 0.3) is 10.9 Å². The lowest BCUT2D eigenvalue weighted by atomic mass is 10.0. The first-order valence-electron chi connectivity index (χ1n) is 10.2. The minimum atomic E-state index is -1.53. The molecule has 1 aromatic heterocycles. The zero-order chi connectivity index (χ0) is 22.4. The first-order chi connectivity index (χ1) is 14.8. The fourth-order valence-corrected chi connectivity index (χ4v) is 4.02. The molecule has 0 radical (unpaired) electrons. The molecule has 1 saturated carbocycles. The van der Waals surface area contributed by atoms with Crippen LogP contribution in [-0.4, -0.2) is 66.3 Å². The number of carboxylic acid groups (broad SMARTS) is 1. The van der Waals surface area contributed by atoms with Gasteiger partial charge in [0.05, 0.1) is 17.5 Å². The highest BCUT2D eigenvalue weighted by Crippen LogP contribution is 2.41. The van der Waals surface area contributed by atoms with Crippen LogP contribution in [0.5, 0.6) is 0 Å². The molecule has 0 amide bonds. The van der Waals surface area contributed by atoms with Crippen molar-refractivity contribution >= 4 is 28.5 Å². The van der Waals surface area contributed by atoms with E-state index in [1.54, 1.807) is 0 Å². The Labute approximate surface area is 176 Å². The second-order valence-corrected chi connectivity index (χ2v) is 7.90. The molecule has 1 saturated heterocycles. The summed E-state index contributed by atoms with van der Waals surface area (Å²) in [5.41, 5.74) is -3.10. The zero-order valence-electron chi connectivity index (χ0n) is 17.3. The van der Waals surface area contributed by atoms with Gasteiger partial charge in [0.2, 0.25) is 5.43 Å². The largest absolute Gasteiger partial charge is 0.477 e. The number of halogens is 2. The van der Waals surface area contributed by atoms with Gasteiger partial charge in [-0.1, -0.05) is 0 Å². The molecule has 1 N–H and O–H groups in total. The van der Waals surface area contributed by atoms with Crippen molar-refractivity contribution in [2.24, 2.45) is 0 Å². The van der Waals surface area contributed by atoms with E-state index in [4.69, 9.17) is 4.74 Å². The van der Waals surface area contributed by atoms with Gasteiger partial charge >= 0.3 is 11.9 Å². The van der Waals surface area contributed by atoms with E-state index in [0.29, 0.717) is 39.0 Å². The van der Waals surface area contributed by atoms with Gasteiger partial charge < -0.3 is 24.2 Å². The van der Waals surface area contributed by atoms with Gasteiger partial charge in [-0.2, -0.15) is 0 Å². The summed E-state index contributed by atoms with van der Waals surface area (Å²) in [5, 5.41) is 8.89. The van der Waals surface area contributed by atoms with Crippen LogP contribution in [0.15, 0.2) is 11.0 Å². The second kappa shape index (κ2) is 7.92. The van der Waals surface area contributed by atoms with Crippen molar-refractivity contribution in [3.05, 3.63) is 39.2 Å². The van der Waals surface area contributed by atoms with Gasteiger partial charge in [0, 0.05) is 38.4 Å². The molecule has 31 heavy (non-hydrogen) atoms. The summed E-state index contributed by atoms with van der Waals surface area (Å²) >= 11 is 0. The molecule has 10 heteroatoms. The molecule has 1 aliphatic carbocycles. The van der Waals surface area contributed by atoms with Crippen LogP contribution in [-0.2, 0) is 4.74 Å². The van der Waals surface area contributed by atoms with Crippen LogP contribution in [0.1, 0.15) is 46.5 Å². The maximum Gasteiger partial charge on any atom is 0.342 e. The molecular weight excluding hydrogens is 412 g/mol. The van der Waals surface area contributed by atoms with E-state index in [1.807, 2.05) is 11.9 Å². The minimum absolute atomic E-state index is 0.0869. The van der Waals surface area contributed by atoms with Gasteiger partial charge in [-0.3, -0.25) is 4.79 Å². The summed E-state index contributed by atoms with van der Waals surface area (Å²) in [6.45, 7) is 3.24. The number of hydrogen-bond acceptors (Lipinski definition) is 6. The number of carbonyl (C=O) groups is 2. The molecule has 0 bridgehead atoms. The predicted molar refractivity (Wildman–Crippen MR) is 109 cm³/mol. The molecule has 166 valence electrons. The molecule has 2 aliphatic rings. The van der Waals surface area contributed by atoms with Crippen LogP contribution >= 0.6 is 0 Å². The molecule has 4 rings (SSSR count). The van der Waals surface area contributed by atoms with E-state index in [0.717, 1.165) is 6.20 Å². The average molecular weight is 435 g/mol. The Morgan fingerprint density at radius 2 is 1.81 bits per heavy atom. The number of ether oxygens (including phenoxy) is 1. The van der Waals surface area contributed by atoms with Gasteiger partial charge in [-0.25, -0.2) is 18.4 Å². The lowest BCUT2D eigenvalue weighted by Gasteiger charge is -2.35. The van der Waals surface area contributed by atoms with E-state index in [-0.39, 0.29) is 23.9 Å². The molecule has 2 aromatic rings. The number of hydrogen-bond donors (Lipinski definition) is 1. The first-order valence-corrected chi connectivity index (χ1v) is 10.2. The average Bonchev–Trinajstić information content (AvgIpc) is 3.55. The highest BCUT2D eigenvalue weighted by Gasteiger charge is 2.36. The smallest absolute Gasteiger partial charge is 0.342 e. The summed E-state index contributed by atoms with van der Waals surface area (Å²) in [7, 11) is 1.90. The van der Waals surface area contributed by atoms with Gasteiger partial charge in [0.15, 0.2) is 11.6 Å². The Bertz CT molecular complexity index is 1130. The van der Waals surface area contributed by atoms with Crippen molar-refractivity contribution in [3.8, 4) is 0 Å². The Balaban J connectivity index is 2.11. The number of rotatable bonds is 5. The maximum atomic E-state index is 15.8. The van der Waals surface area contributed by atoms with Crippen LogP contribution in [0.3, 0.4) is 0 Å². The van der Waals surface area contributed by atoms with E-state index in [1.165, 1.54) is 16.4 Å². The van der Waals surface area contributed by atoms with Gasteiger partial charge in [-0.15, -0.1) is 0 Å². The van der Waals surface area contributed by atoms with Crippen molar-refractivity contribution in [2.45, 2.75) is 25.8 Å². The normalized spacial score (nSPS) is 17.2. The van der Waals surface area contributed by atoms with Crippen LogP contribution < -0.4 is 10.3 Å². The highest BCUT2D eigenvalue weighted by molar-refractivity contribution is 6.07. The summed E-state index contributed by atoms with van der Waals surface area (Å²) in [5.74, 6) is -4.82. The molecule has 0 atom stereocenters. The number of aromatic carboxylic acids is 1. The predicted octanol–water partition coefficient (Wildman–Crippen LogP) is 2.24. The number of nitrogens with zero attached hydrogens (tertiary/aromatic N) is 3. The second-order valence-electron chi connectivity index (χ2n) is 7.90. The number of fused-ring (bicyclic) bond motifs is 1. The topological polar surface area (TPSA) is 92.1 Å².